The normalized spacial score (nSPS) is 22.7. The van der Waals surface area contributed by atoms with Crippen molar-refractivity contribution in [1.82, 2.24) is 4.90 Å². The molecule has 2 atom stereocenters. The number of carbonyl (C=O) groups is 2. The van der Waals surface area contributed by atoms with Gasteiger partial charge in [-0.25, -0.2) is 0 Å². The SMILES string of the molecule is CC(=O)c1cc(C(=O)N2CC[S@](=O)C[C@H](C)C2)ccc1C. The molecular formula is C16H21NO3S. The van der Waals surface area contributed by atoms with E-state index in [0.29, 0.717) is 35.7 Å². The minimum absolute atomic E-state index is 0.0347. The molecule has 4 nitrogen and oxygen atoms in total. The maximum Gasteiger partial charge on any atom is 0.253 e. The summed E-state index contributed by atoms with van der Waals surface area (Å²) in [5.41, 5.74) is 2.00. The highest BCUT2D eigenvalue weighted by molar-refractivity contribution is 7.85. The first-order valence-corrected chi connectivity index (χ1v) is 8.63. The molecule has 1 aliphatic heterocycles. The Bertz CT molecular complexity index is 597. The number of rotatable bonds is 2. The Morgan fingerprint density at radius 1 is 1.33 bits per heavy atom. The van der Waals surface area contributed by atoms with Gasteiger partial charge in [0.2, 0.25) is 0 Å². The Hall–Kier alpha value is -1.49. The molecule has 2 rings (SSSR count). The molecule has 0 aromatic heterocycles. The van der Waals surface area contributed by atoms with Crippen molar-refractivity contribution in [2.24, 2.45) is 5.92 Å². The van der Waals surface area contributed by atoms with Crippen LogP contribution >= 0.6 is 0 Å². The van der Waals surface area contributed by atoms with Gasteiger partial charge in [0.1, 0.15) is 0 Å². The van der Waals surface area contributed by atoms with Gasteiger partial charge >= 0.3 is 0 Å². The van der Waals surface area contributed by atoms with Crippen LogP contribution in [0.5, 0.6) is 0 Å². The van der Waals surface area contributed by atoms with E-state index >= 15 is 0 Å². The van der Waals surface area contributed by atoms with Crippen molar-refractivity contribution < 1.29 is 13.8 Å². The number of carbonyl (C=O) groups excluding carboxylic acids is 2. The molecule has 0 aliphatic carbocycles. The number of ketones is 1. The van der Waals surface area contributed by atoms with Crippen LogP contribution in [0, 0.1) is 12.8 Å². The third-order valence-corrected chi connectivity index (χ3v) is 5.32. The first-order valence-electron chi connectivity index (χ1n) is 7.14. The van der Waals surface area contributed by atoms with Gasteiger partial charge in [-0.15, -0.1) is 0 Å². The first kappa shape index (κ1) is 15.9. The van der Waals surface area contributed by atoms with E-state index in [1.165, 1.54) is 6.92 Å². The van der Waals surface area contributed by atoms with Gasteiger partial charge in [0.05, 0.1) is 0 Å². The highest BCUT2D eigenvalue weighted by atomic mass is 32.2. The van der Waals surface area contributed by atoms with Crippen LogP contribution in [0.3, 0.4) is 0 Å². The molecule has 5 heteroatoms. The Morgan fingerprint density at radius 2 is 2.05 bits per heavy atom. The number of nitrogens with zero attached hydrogens (tertiary/aromatic N) is 1. The van der Waals surface area contributed by atoms with Crippen LogP contribution in [0.25, 0.3) is 0 Å². The van der Waals surface area contributed by atoms with Crippen molar-refractivity contribution >= 4 is 22.5 Å². The summed E-state index contributed by atoms with van der Waals surface area (Å²) in [5.74, 6) is 1.29. The van der Waals surface area contributed by atoms with Gasteiger partial charge in [0, 0.05) is 46.5 Å². The van der Waals surface area contributed by atoms with Crippen LogP contribution in [0.15, 0.2) is 18.2 Å². The molecule has 0 radical (unpaired) electrons. The van der Waals surface area contributed by atoms with E-state index in [-0.39, 0.29) is 17.6 Å². The fourth-order valence-corrected chi connectivity index (χ4v) is 3.97. The van der Waals surface area contributed by atoms with Crippen LogP contribution in [0.4, 0.5) is 0 Å². The number of aryl methyl sites for hydroxylation is 1. The Balaban J connectivity index is 2.25. The van der Waals surface area contributed by atoms with Gasteiger partial charge in [-0.05, 0) is 37.5 Å². The zero-order chi connectivity index (χ0) is 15.6. The molecule has 1 amide bonds. The lowest BCUT2D eigenvalue weighted by Gasteiger charge is -2.22. The smallest absolute Gasteiger partial charge is 0.253 e. The van der Waals surface area contributed by atoms with Crippen molar-refractivity contribution in [2.45, 2.75) is 20.8 Å². The molecule has 0 unspecified atom stereocenters. The molecule has 1 heterocycles. The van der Waals surface area contributed by atoms with E-state index in [0.717, 1.165) is 5.56 Å². The fraction of sp³-hybridized carbons (Fsp3) is 0.500. The minimum Gasteiger partial charge on any atom is -0.337 e. The number of amides is 1. The maximum absolute atomic E-state index is 12.6. The van der Waals surface area contributed by atoms with Crippen LogP contribution in [0.1, 0.15) is 40.1 Å². The van der Waals surface area contributed by atoms with E-state index in [1.54, 1.807) is 17.0 Å². The monoisotopic (exact) mass is 307 g/mol. The summed E-state index contributed by atoms with van der Waals surface area (Å²) < 4.78 is 11.7. The lowest BCUT2D eigenvalue weighted by molar-refractivity contribution is 0.0751. The molecule has 0 spiro atoms. The van der Waals surface area contributed by atoms with Crippen LogP contribution in [-0.4, -0.2) is 45.4 Å². The molecule has 21 heavy (non-hydrogen) atoms. The lowest BCUT2D eigenvalue weighted by atomic mass is 10.0. The van der Waals surface area contributed by atoms with Gasteiger partial charge < -0.3 is 4.90 Å². The van der Waals surface area contributed by atoms with E-state index in [1.807, 2.05) is 19.9 Å². The number of hydrogen-bond acceptors (Lipinski definition) is 3. The third kappa shape index (κ3) is 3.79. The second kappa shape index (κ2) is 6.52. The standard InChI is InChI=1S/C16H21NO3S/c1-11-9-17(6-7-21(20)10-11)16(19)14-5-4-12(2)15(8-14)13(3)18/h4-5,8,11H,6-7,9-10H2,1-3H3/t11-,21+/m1/s1. The maximum atomic E-state index is 12.6. The molecule has 1 saturated heterocycles. The average Bonchev–Trinajstić information content (AvgIpc) is 2.59. The molecular weight excluding hydrogens is 286 g/mol. The molecule has 114 valence electrons. The number of hydrogen-bond donors (Lipinski definition) is 0. The Kier molecular flexibility index (Phi) is 4.93. The van der Waals surface area contributed by atoms with Gasteiger partial charge in [-0.2, -0.15) is 0 Å². The second-order valence-electron chi connectivity index (χ2n) is 5.75. The zero-order valence-electron chi connectivity index (χ0n) is 12.7. The summed E-state index contributed by atoms with van der Waals surface area (Å²) in [6.07, 6.45) is 0. The molecule has 1 aromatic rings. The van der Waals surface area contributed by atoms with Gasteiger partial charge in [0.25, 0.3) is 5.91 Å². The summed E-state index contributed by atoms with van der Waals surface area (Å²) in [6, 6.07) is 5.24. The average molecular weight is 307 g/mol. The fourth-order valence-electron chi connectivity index (χ4n) is 2.63. The van der Waals surface area contributed by atoms with E-state index < -0.39 is 10.8 Å². The summed E-state index contributed by atoms with van der Waals surface area (Å²) in [6.45, 7) is 6.52. The predicted molar refractivity (Wildman–Crippen MR) is 84.1 cm³/mol. The zero-order valence-corrected chi connectivity index (χ0v) is 13.5. The van der Waals surface area contributed by atoms with Gasteiger partial charge in [-0.1, -0.05) is 13.0 Å². The van der Waals surface area contributed by atoms with Crippen molar-refractivity contribution in [3.8, 4) is 0 Å². The summed E-state index contributed by atoms with van der Waals surface area (Å²) in [7, 11) is -0.845. The van der Waals surface area contributed by atoms with Crippen molar-refractivity contribution in [2.75, 3.05) is 24.6 Å². The summed E-state index contributed by atoms with van der Waals surface area (Å²) in [4.78, 5) is 26.0. The highest BCUT2D eigenvalue weighted by Crippen LogP contribution is 2.16. The Labute approximate surface area is 128 Å². The van der Waals surface area contributed by atoms with Gasteiger partial charge in [-0.3, -0.25) is 13.8 Å². The molecule has 1 aliphatic rings. The lowest BCUT2D eigenvalue weighted by Crippen LogP contribution is -2.35. The second-order valence-corrected chi connectivity index (χ2v) is 7.37. The van der Waals surface area contributed by atoms with E-state index in [9.17, 15) is 13.8 Å². The van der Waals surface area contributed by atoms with Crippen molar-refractivity contribution in [3.05, 3.63) is 34.9 Å². The van der Waals surface area contributed by atoms with Crippen molar-refractivity contribution in [1.29, 1.82) is 0 Å². The van der Waals surface area contributed by atoms with Gasteiger partial charge in [0.15, 0.2) is 5.78 Å². The number of benzene rings is 1. The third-order valence-electron chi connectivity index (χ3n) is 3.74. The van der Waals surface area contributed by atoms with E-state index in [4.69, 9.17) is 0 Å². The van der Waals surface area contributed by atoms with Crippen LogP contribution in [0.2, 0.25) is 0 Å². The summed E-state index contributed by atoms with van der Waals surface area (Å²) in [5, 5.41) is 0. The molecule has 0 saturated carbocycles. The topological polar surface area (TPSA) is 54.5 Å². The predicted octanol–water partition coefficient (Wildman–Crippen LogP) is 2.04. The molecule has 0 bridgehead atoms. The quantitative estimate of drug-likeness (QED) is 0.786. The minimum atomic E-state index is -0.845. The number of Topliss-reactive ketones (excluding diaryl/α,β-unsaturated/α-hetero) is 1. The molecule has 1 fully saturated rings. The highest BCUT2D eigenvalue weighted by Gasteiger charge is 2.24. The van der Waals surface area contributed by atoms with Crippen LogP contribution < -0.4 is 0 Å². The Morgan fingerprint density at radius 3 is 2.71 bits per heavy atom. The first-order chi connectivity index (χ1) is 9.88. The molecule has 1 aromatic carbocycles. The largest absolute Gasteiger partial charge is 0.337 e. The summed E-state index contributed by atoms with van der Waals surface area (Å²) >= 11 is 0. The van der Waals surface area contributed by atoms with Crippen LogP contribution in [-0.2, 0) is 10.8 Å². The van der Waals surface area contributed by atoms with E-state index in [2.05, 4.69) is 0 Å². The van der Waals surface area contributed by atoms with Crippen molar-refractivity contribution in [3.63, 3.8) is 0 Å². The molecule has 0 N–H and O–H groups in total.